The summed E-state index contributed by atoms with van der Waals surface area (Å²) in [5.41, 5.74) is 5.78. The van der Waals surface area contributed by atoms with Crippen LogP contribution >= 0.6 is 0 Å². The number of likely N-dealkylation sites (tertiary alicyclic amines) is 1. The van der Waals surface area contributed by atoms with Crippen LogP contribution in [0.2, 0.25) is 0 Å². The summed E-state index contributed by atoms with van der Waals surface area (Å²) in [6, 6.07) is -1.52. The number of ether oxygens (including phenoxy) is 2. The van der Waals surface area contributed by atoms with E-state index in [4.69, 9.17) is 15.2 Å². The van der Waals surface area contributed by atoms with Gasteiger partial charge in [-0.1, -0.05) is 27.7 Å². The second kappa shape index (κ2) is 11.8. The van der Waals surface area contributed by atoms with Gasteiger partial charge in [0.25, 0.3) is 0 Å². The van der Waals surface area contributed by atoms with Gasteiger partial charge in [-0.15, -0.1) is 0 Å². The zero-order valence-electron chi connectivity index (χ0n) is 27.7. The molecule has 0 aromatic heterocycles. The number of amides is 1. The number of nitrogens with two attached hydrogens (primary N) is 1. The van der Waals surface area contributed by atoms with E-state index in [1.807, 2.05) is 27.7 Å². The second-order valence-electron chi connectivity index (χ2n) is 16.3. The van der Waals surface area contributed by atoms with Crippen LogP contribution in [0.1, 0.15) is 119 Å². The van der Waals surface area contributed by atoms with Crippen LogP contribution in [-0.4, -0.2) is 58.9 Å². The summed E-state index contributed by atoms with van der Waals surface area (Å²) in [5.74, 6) is 1.92. The maximum Gasteiger partial charge on any atom is 0.344 e. The molecule has 43 heavy (non-hydrogen) atoms. The first-order valence-electron chi connectivity index (χ1n) is 17.1. The van der Waals surface area contributed by atoms with Crippen molar-refractivity contribution >= 4 is 23.6 Å². The number of carbonyl (C=O) groups is 4. The van der Waals surface area contributed by atoms with Crippen LogP contribution in [-0.2, 0) is 28.7 Å². The van der Waals surface area contributed by atoms with Crippen molar-refractivity contribution in [2.75, 3.05) is 6.61 Å². The Morgan fingerprint density at radius 3 is 2.30 bits per heavy atom. The monoisotopic (exact) mass is 600 g/mol. The normalized spacial score (nSPS) is 43.0. The Hall–Kier alpha value is -1.96. The highest BCUT2D eigenvalue weighted by molar-refractivity contribution is 5.90. The molecular weight excluding hydrogens is 544 g/mol. The molecule has 1 aliphatic heterocycles. The molecule has 0 aromatic rings. The quantitative estimate of drug-likeness (QED) is 0.369. The van der Waals surface area contributed by atoms with Crippen LogP contribution in [0.15, 0.2) is 0 Å². The molecule has 0 aromatic carbocycles. The molecule has 4 aliphatic carbocycles. The zero-order valence-corrected chi connectivity index (χ0v) is 27.7. The molecule has 4 saturated carbocycles. The molecule has 1 saturated heterocycles. The molecule has 8 nitrogen and oxygen atoms in total. The molecule has 0 radical (unpaired) electrons. The summed E-state index contributed by atoms with van der Waals surface area (Å²) >= 11 is 0. The Balaban J connectivity index is 1.18. The largest absolute Gasteiger partial charge is 0.457 e. The number of Topliss-reactive ketones (excluding diaryl/α,β-unsaturated/α-hetero) is 1. The predicted octanol–water partition coefficient (Wildman–Crippen LogP) is 5.44. The van der Waals surface area contributed by atoms with E-state index in [0.29, 0.717) is 42.3 Å². The third-order valence-electron chi connectivity index (χ3n) is 13.1. The number of hydrogen-bond acceptors (Lipinski definition) is 7. The molecule has 1 amide bonds. The minimum Gasteiger partial charge on any atom is -0.457 e. The number of hydrogen-bond donors (Lipinski definition) is 1. The van der Waals surface area contributed by atoms with Crippen LogP contribution in [0.25, 0.3) is 0 Å². The highest BCUT2D eigenvalue weighted by Gasteiger charge is 2.62. The van der Waals surface area contributed by atoms with Crippen LogP contribution in [0.4, 0.5) is 0 Å². The van der Waals surface area contributed by atoms with E-state index in [9.17, 15) is 19.2 Å². The Morgan fingerprint density at radius 1 is 0.977 bits per heavy atom. The average molecular weight is 601 g/mol. The maximum absolute atomic E-state index is 13.2. The Morgan fingerprint density at radius 2 is 1.67 bits per heavy atom. The molecule has 5 fully saturated rings. The van der Waals surface area contributed by atoms with Gasteiger partial charge in [0.15, 0.2) is 6.61 Å². The van der Waals surface area contributed by atoms with Crippen LogP contribution in [0.3, 0.4) is 0 Å². The Labute approximate surface area is 258 Å². The number of ketones is 1. The lowest BCUT2D eigenvalue weighted by Crippen LogP contribution is -2.56. The molecule has 5 rings (SSSR count). The molecule has 0 spiro atoms. The summed E-state index contributed by atoms with van der Waals surface area (Å²) < 4.78 is 11.6. The molecule has 242 valence electrons. The van der Waals surface area contributed by atoms with Gasteiger partial charge in [-0.05, 0) is 132 Å². The number of fused-ring (bicyclic) bond motifs is 5. The molecule has 11 atom stereocenters. The van der Waals surface area contributed by atoms with Gasteiger partial charge in [-0.2, -0.15) is 0 Å². The van der Waals surface area contributed by atoms with Crippen LogP contribution in [0, 0.1) is 46.3 Å². The van der Waals surface area contributed by atoms with Crippen LogP contribution < -0.4 is 5.73 Å². The molecule has 8 heteroatoms. The van der Waals surface area contributed by atoms with Gasteiger partial charge in [-0.25, -0.2) is 9.59 Å². The summed E-state index contributed by atoms with van der Waals surface area (Å²) in [4.78, 5) is 53.0. The molecule has 1 heterocycles. The molecule has 2 N–H and O–H groups in total. The summed E-state index contributed by atoms with van der Waals surface area (Å²) in [7, 11) is 0. The van der Waals surface area contributed by atoms with Gasteiger partial charge >= 0.3 is 11.9 Å². The summed E-state index contributed by atoms with van der Waals surface area (Å²) in [6.07, 6.45) is 10.5. The fourth-order valence-corrected chi connectivity index (χ4v) is 10.9. The standard InChI is InChI=1S/C35H56N2O6/c1-20(2)16-29(37-21(3)17-28(36)31(37)40)32(41)42-19-30(39)43-33(5)14-15-34(6)23(18-33)8-9-24-26-11-10-25(22(4)38)35(26,7)13-12-27(24)34/h20-21,23-29H,8-19,36H2,1-7H3/t21?,23-,24-,25+,26-,27-,28-,29-,33+,34-,35+/m0/s1. The number of nitrogens with zero attached hydrogens (tertiary/aromatic N) is 1. The van der Waals surface area contributed by atoms with E-state index in [1.165, 1.54) is 19.3 Å². The van der Waals surface area contributed by atoms with E-state index in [2.05, 4.69) is 13.8 Å². The fourth-order valence-electron chi connectivity index (χ4n) is 10.9. The third-order valence-corrected chi connectivity index (χ3v) is 13.1. The van der Waals surface area contributed by atoms with Gasteiger partial charge < -0.3 is 20.1 Å². The van der Waals surface area contributed by atoms with Gasteiger partial charge in [0.05, 0.1) is 6.04 Å². The maximum atomic E-state index is 13.2. The summed E-state index contributed by atoms with van der Waals surface area (Å²) in [6.45, 7) is 14.2. The minimum atomic E-state index is -0.757. The minimum absolute atomic E-state index is 0.154. The SMILES string of the molecule is CC(=O)[C@H]1CC[C@H]2[C@@H]3CC[C@H]4C[C@](C)(OC(=O)COC(=O)[C@H](CC(C)C)N5C(=O)[C@@H](N)CC5C)CC[C@]4(C)[C@H]3CC[C@]12C. The van der Waals surface area contributed by atoms with Gasteiger partial charge in [-0.3, -0.25) is 9.59 Å². The first-order chi connectivity index (χ1) is 20.1. The van der Waals surface area contributed by atoms with E-state index in [1.54, 1.807) is 11.8 Å². The lowest BCUT2D eigenvalue weighted by atomic mass is 9.44. The van der Waals surface area contributed by atoms with Crippen molar-refractivity contribution < 1.29 is 28.7 Å². The topological polar surface area (TPSA) is 116 Å². The third kappa shape index (κ3) is 5.79. The van der Waals surface area contributed by atoms with Crippen molar-refractivity contribution in [1.29, 1.82) is 0 Å². The lowest BCUT2D eigenvalue weighted by molar-refractivity contribution is -0.187. The number of esters is 2. The molecule has 1 unspecified atom stereocenters. The predicted molar refractivity (Wildman–Crippen MR) is 163 cm³/mol. The number of rotatable bonds is 8. The van der Waals surface area contributed by atoms with Gasteiger partial charge in [0, 0.05) is 12.0 Å². The number of carbonyl (C=O) groups excluding carboxylic acids is 4. The first kappa shape index (κ1) is 32.4. The average Bonchev–Trinajstić information content (AvgIpc) is 3.40. The molecule has 0 bridgehead atoms. The molecule has 5 aliphatic rings. The van der Waals surface area contributed by atoms with Crippen LogP contribution in [0.5, 0.6) is 0 Å². The van der Waals surface area contributed by atoms with E-state index in [-0.39, 0.29) is 34.6 Å². The Bertz CT molecular complexity index is 1120. The van der Waals surface area contributed by atoms with Crippen molar-refractivity contribution in [3.05, 3.63) is 0 Å². The van der Waals surface area contributed by atoms with E-state index >= 15 is 0 Å². The Kier molecular flexibility index (Phi) is 8.87. The highest BCUT2D eigenvalue weighted by atomic mass is 16.6. The molecular formula is C35H56N2O6. The van der Waals surface area contributed by atoms with Crippen molar-refractivity contribution in [3.63, 3.8) is 0 Å². The van der Waals surface area contributed by atoms with Crippen molar-refractivity contribution in [2.24, 2.45) is 52.1 Å². The van der Waals surface area contributed by atoms with Crippen molar-refractivity contribution in [2.45, 2.75) is 143 Å². The van der Waals surface area contributed by atoms with Crippen molar-refractivity contribution in [3.8, 4) is 0 Å². The fraction of sp³-hybridized carbons (Fsp3) is 0.886. The smallest absolute Gasteiger partial charge is 0.344 e. The zero-order chi connectivity index (χ0) is 31.5. The van der Waals surface area contributed by atoms with Gasteiger partial charge in [0.2, 0.25) is 5.91 Å². The van der Waals surface area contributed by atoms with E-state index in [0.717, 1.165) is 38.5 Å². The second-order valence-corrected chi connectivity index (χ2v) is 16.3. The van der Waals surface area contributed by atoms with E-state index < -0.39 is 36.2 Å². The summed E-state index contributed by atoms with van der Waals surface area (Å²) in [5, 5.41) is 0. The lowest BCUT2D eigenvalue weighted by Gasteiger charge is -2.62. The van der Waals surface area contributed by atoms with Gasteiger partial charge in [0.1, 0.15) is 17.4 Å². The highest BCUT2D eigenvalue weighted by Crippen LogP contribution is 2.68. The van der Waals surface area contributed by atoms with Crippen molar-refractivity contribution in [1.82, 2.24) is 4.90 Å². The first-order valence-corrected chi connectivity index (χ1v) is 17.1.